The molecular formula is C23H25NO3. The lowest BCUT2D eigenvalue weighted by Gasteiger charge is -2.26. The van der Waals surface area contributed by atoms with Crippen molar-refractivity contribution >= 4 is 5.69 Å². The van der Waals surface area contributed by atoms with Crippen LogP contribution in [0.5, 0.6) is 11.5 Å². The first kappa shape index (κ1) is 18.8. The van der Waals surface area contributed by atoms with E-state index in [4.69, 9.17) is 9.47 Å². The van der Waals surface area contributed by atoms with E-state index in [0.717, 1.165) is 47.0 Å². The molecule has 0 fully saturated rings. The molecule has 0 bridgehead atoms. The summed E-state index contributed by atoms with van der Waals surface area (Å²) in [6, 6.07) is 24.2. The molecule has 0 amide bonds. The Morgan fingerprint density at radius 3 is 1.74 bits per heavy atom. The van der Waals surface area contributed by atoms with Gasteiger partial charge in [0.25, 0.3) is 0 Å². The highest BCUT2D eigenvalue weighted by Crippen LogP contribution is 2.24. The fourth-order valence-corrected chi connectivity index (χ4v) is 3.07. The third kappa shape index (κ3) is 5.02. The van der Waals surface area contributed by atoms with Crippen LogP contribution in [-0.4, -0.2) is 19.3 Å². The zero-order valence-electron chi connectivity index (χ0n) is 15.8. The van der Waals surface area contributed by atoms with Gasteiger partial charge >= 0.3 is 0 Å². The molecule has 3 aromatic carbocycles. The van der Waals surface area contributed by atoms with Crippen molar-refractivity contribution in [1.82, 2.24) is 0 Å². The van der Waals surface area contributed by atoms with E-state index in [-0.39, 0.29) is 6.61 Å². The summed E-state index contributed by atoms with van der Waals surface area (Å²) >= 11 is 0. The first-order valence-corrected chi connectivity index (χ1v) is 8.92. The van der Waals surface area contributed by atoms with Crippen LogP contribution in [0.25, 0.3) is 0 Å². The zero-order chi connectivity index (χ0) is 19.1. The fraction of sp³-hybridized carbons (Fsp3) is 0.217. The summed E-state index contributed by atoms with van der Waals surface area (Å²) in [5.74, 6) is 1.69. The average molecular weight is 363 g/mol. The number of hydrogen-bond acceptors (Lipinski definition) is 4. The first-order valence-electron chi connectivity index (χ1n) is 8.92. The van der Waals surface area contributed by atoms with Crippen molar-refractivity contribution in [3.8, 4) is 11.5 Å². The third-order valence-electron chi connectivity index (χ3n) is 4.47. The molecule has 0 aliphatic rings. The summed E-state index contributed by atoms with van der Waals surface area (Å²) in [5, 5.41) is 9.51. The highest BCUT2D eigenvalue weighted by Gasteiger charge is 2.11. The lowest BCUT2D eigenvalue weighted by atomic mass is 10.1. The van der Waals surface area contributed by atoms with Crippen LogP contribution in [0.15, 0.2) is 72.8 Å². The van der Waals surface area contributed by atoms with Gasteiger partial charge in [-0.2, -0.15) is 0 Å². The van der Waals surface area contributed by atoms with Crippen molar-refractivity contribution < 1.29 is 14.6 Å². The fourth-order valence-electron chi connectivity index (χ4n) is 3.07. The number of ether oxygens (including phenoxy) is 2. The van der Waals surface area contributed by atoms with Crippen LogP contribution in [0.1, 0.15) is 16.7 Å². The van der Waals surface area contributed by atoms with Gasteiger partial charge in [0.1, 0.15) is 11.5 Å². The Kier molecular flexibility index (Phi) is 6.34. The number of aliphatic hydroxyl groups is 1. The molecule has 0 saturated heterocycles. The number of rotatable bonds is 8. The predicted molar refractivity (Wildman–Crippen MR) is 108 cm³/mol. The van der Waals surface area contributed by atoms with Crippen molar-refractivity contribution in [2.24, 2.45) is 0 Å². The van der Waals surface area contributed by atoms with Crippen LogP contribution in [-0.2, 0) is 19.7 Å². The molecule has 0 aromatic heterocycles. The largest absolute Gasteiger partial charge is 0.497 e. The van der Waals surface area contributed by atoms with Gasteiger partial charge in [-0.05, 0) is 53.1 Å². The van der Waals surface area contributed by atoms with Gasteiger partial charge in [-0.25, -0.2) is 0 Å². The van der Waals surface area contributed by atoms with Crippen molar-refractivity contribution in [2.45, 2.75) is 19.7 Å². The molecule has 4 nitrogen and oxygen atoms in total. The second-order valence-electron chi connectivity index (χ2n) is 6.39. The van der Waals surface area contributed by atoms with Crippen molar-refractivity contribution in [3.63, 3.8) is 0 Å². The maximum absolute atomic E-state index is 9.51. The minimum atomic E-state index is 0.0278. The zero-order valence-corrected chi connectivity index (χ0v) is 15.8. The van der Waals surface area contributed by atoms with Crippen molar-refractivity contribution in [1.29, 1.82) is 0 Å². The van der Waals surface area contributed by atoms with Crippen molar-refractivity contribution in [2.75, 3.05) is 19.1 Å². The molecule has 0 atom stereocenters. The van der Waals surface area contributed by atoms with Gasteiger partial charge in [-0.1, -0.05) is 36.4 Å². The maximum Gasteiger partial charge on any atom is 0.119 e. The molecule has 0 spiro atoms. The molecule has 0 aliphatic carbocycles. The molecule has 0 aliphatic heterocycles. The summed E-state index contributed by atoms with van der Waals surface area (Å²) in [6.45, 7) is 1.48. The number of benzene rings is 3. The third-order valence-corrected chi connectivity index (χ3v) is 4.47. The van der Waals surface area contributed by atoms with Gasteiger partial charge in [-0.15, -0.1) is 0 Å². The predicted octanol–water partition coefficient (Wildman–Crippen LogP) is 4.40. The molecule has 1 N–H and O–H groups in total. The molecule has 4 heteroatoms. The summed E-state index contributed by atoms with van der Waals surface area (Å²) in [5.41, 5.74) is 4.28. The molecule has 3 rings (SSSR count). The Morgan fingerprint density at radius 2 is 1.22 bits per heavy atom. The Labute approximate surface area is 160 Å². The van der Waals surface area contributed by atoms with Gasteiger partial charge < -0.3 is 19.5 Å². The summed E-state index contributed by atoms with van der Waals surface area (Å²) in [6.07, 6.45) is 0. The smallest absolute Gasteiger partial charge is 0.119 e. The molecule has 140 valence electrons. The van der Waals surface area contributed by atoms with Crippen LogP contribution in [0, 0.1) is 0 Å². The topological polar surface area (TPSA) is 41.9 Å². The molecule has 3 aromatic rings. The van der Waals surface area contributed by atoms with Crippen LogP contribution in [0.2, 0.25) is 0 Å². The second kappa shape index (κ2) is 9.10. The van der Waals surface area contributed by atoms with E-state index in [2.05, 4.69) is 35.2 Å². The number of anilines is 1. The van der Waals surface area contributed by atoms with E-state index in [1.54, 1.807) is 14.2 Å². The monoisotopic (exact) mass is 363 g/mol. The molecule has 0 heterocycles. The van der Waals surface area contributed by atoms with Crippen molar-refractivity contribution in [3.05, 3.63) is 89.5 Å². The average Bonchev–Trinajstić information content (AvgIpc) is 2.73. The normalized spacial score (nSPS) is 10.5. The highest BCUT2D eigenvalue weighted by atomic mass is 16.5. The Morgan fingerprint density at radius 1 is 0.704 bits per heavy atom. The summed E-state index contributed by atoms with van der Waals surface area (Å²) in [4.78, 5) is 2.28. The lowest BCUT2D eigenvalue weighted by Crippen LogP contribution is -2.22. The molecular weight excluding hydrogens is 338 g/mol. The molecule has 0 radical (unpaired) electrons. The first-order chi connectivity index (χ1) is 13.2. The van der Waals surface area contributed by atoms with E-state index in [1.165, 1.54) is 0 Å². The van der Waals surface area contributed by atoms with Gasteiger partial charge in [0.15, 0.2) is 0 Å². The van der Waals surface area contributed by atoms with Crippen LogP contribution >= 0.6 is 0 Å². The molecule has 0 saturated carbocycles. The number of methoxy groups -OCH3 is 2. The number of aliphatic hydroxyl groups excluding tert-OH is 1. The van der Waals surface area contributed by atoms with Crippen LogP contribution in [0.4, 0.5) is 5.69 Å². The maximum atomic E-state index is 9.51. The molecule has 27 heavy (non-hydrogen) atoms. The van der Waals surface area contributed by atoms with Crippen LogP contribution in [0.3, 0.4) is 0 Å². The Hall–Kier alpha value is -2.98. The van der Waals surface area contributed by atoms with Gasteiger partial charge in [0.2, 0.25) is 0 Å². The van der Waals surface area contributed by atoms with Gasteiger partial charge in [-0.3, -0.25) is 0 Å². The van der Waals surface area contributed by atoms with E-state index in [9.17, 15) is 5.11 Å². The highest BCUT2D eigenvalue weighted by molar-refractivity contribution is 5.50. The van der Waals surface area contributed by atoms with Gasteiger partial charge in [0, 0.05) is 18.8 Å². The number of hydrogen-bond donors (Lipinski definition) is 1. The van der Waals surface area contributed by atoms with Crippen LogP contribution < -0.4 is 14.4 Å². The quantitative estimate of drug-likeness (QED) is 0.644. The van der Waals surface area contributed by atoms with E-state index in [1.807, 2.05) is 42.5 Å². The lowest BCUT2D eigenvalue weighted by molar-refractivity contribution is 0.282. The summed E-state index contributed by atoms with van der Waals surface area (Å²) in [7, 11) is 3.36. The van der Waals surface area contributed by atoms with E-state index in [0.29, 0.717) is 0 Å². The van der Waals surface area contributed by atoms with Gasteiger partial charge in [0.05, 0.1) is 20.8 Å². The SMILES string of the molecule is COc1cccc(CN(Cc2cccc(OC)c2)c2cccc(CO)c2)c1. The minimum Gasteiger partial charge on any atom is -0.497 e. The number of nitrogens with zero attached hydrogens (tertiary/aromatic N) is 1. The Balaban J connectivity index is 1.91. The second-order valence-corrected chi connectivity index (χ2v) is 6.39. The van der Waals surface area contributed by atoms with E-state index < -0.39 is 0 Å². The summed E-state index contributed by atoms with van der Waals surface area (Å²) < 4.78 is 10.7. The standard InChI is InChI=1S/C23H25NO3/c1-26-22-10-4-6-18(13-22)15-24(21-9-3-8-20(12-21)17-25)16-19-7-5-11-23(14-19)27-2/h3-14,25H,15-17H2,1-2H3. The Bertz CT molecular complexity index is 829. The molecule has 0 unspecified atom stereocenters. The minimum absolute atomic E-state index is 0.0278. The van der Waals surface area contributed by atoms with E-state index >= 15 is 0 Å².